The van der Waals surface area contributed by atoms with Gasteiger partial charge in [0.05, 0.1) is 29.2 Å². The van der Waals surface area contributed by atoms with E-state index in [2.05, 4.69) is 29.8 Å². The fourth-order valence-electron chi connectivity index (χ4n) is 8.82. The van der Waals surface area contributed by atoms with Crippen molar-refractivity contribution in [3.8, 4) is 11.5 Å². The first-order valence-electron chi connectivity index (χ1n) is 19.6. The van der Waals surface area contributed by atoms with E-state index in [4.69, 9.17) is 24.2 Å². The van der Waals surface area contributed by atoms with Crippen molar-refractivity contribution in [2.45, 2.75) is 133 Å². The van der Waals surface area contributed by atoms with Gasteiger partial charge < -0.3 is 29.3 Å². The maximum atomic E-state index is 9.89. The third kappa shape index (κ3) is 8.91. The lowest BCUT2D eigenvalue weighted by molar-refractivity contribution is -0.223. The van der Waals surface area contributed by atoms with Crippen LogP contribution in [0.1, 0.15) is 114 Å². The summed E-state index contributed by atoms with van der Waals surface area (Å²) in [7, 11) is 0. The zero-order chi connectivity index (χ0) is 36.7. The molecule has 0 radical (unpaired) electrons. The van der Waals surface area contributed by atoms with Crippen molar-refractivity contribution in [3.05, 3.63) is 77.7 Å². The molecule has 0 saturated heterocycles. The van der Waals surface area contributed by atoms with Gasteiger partial charge in [-0.2, -0.15) is 0 Å². The van der Waals surface area contributed by atoms with Crippen molar-refractivity contribution in [1.29, 1.82) is 0 Å². The van der Waals surface area contributed by atoms with E-state index < -0.39 is 11.4 Å². The van der Waals surface area contributed by atoms with E-state index in [0.29, 0.717) is 24.9 Å². The van der Waals surface area contributed by atoms with E-state index in [1.165, 1.54) is 25.7 Å². The van der Waals surface area contributed by atoms with Crippen LogP contribution in [-0.4, -0.2) is 62.6 Å². The predicted octanol–water partition coefficient (Wildman–Crippen LogP) is 9.08. The molecule has 2 saturated carbocycles. The highest BCUT2D eigenvalue weighted by molar-refractivity contribution is 8.00. The third-order valence-corrected chi connectivity index (χ3v) is 12.7. The maximum Gasteiger partial charge on any atom is 0.230 e. The molecule has 2 aromatic rings. The van der Waals surface area contributed by atoms with E-state index in [-0.39, 0.29) is 42.1 Å². The SMILES string of the molecule is C=CCOC12Oc3ccc(OCc4cccc(C)n4)cc3C3C(CCCCO)C(CCCCO)C=C(C(=NOC(C)(C)C)CC1SC1CCCC1)C32. The molecular weight excluding hydrogens is 673 g/mol. The van der Waals surface area contributed by atoms with Gasteiger partial charge in [0.15, 0.2) is 0 Å². The molecule has 52 heavy (non-hydrogen) atoms. The summed E-state index contributed by atoms with van der Waals surface area (Å²) in [6.07, 6.45) is 15.2. The Balaban J connectivity index is 1.51. The summed E-state index contributed by atoms with van der Waals surface area (Å²) in [4.78, 5) is 10.9. The first kappa shape index (κ1) is 38.9. The number of ether oxygens (including phenoxy) is 3. The molecule has 1 aromatic heterocycles. The number of hydrogen-bond acceptors (Lipinski definition) is 9. The number of nitrogens with zero attached hydrogens (tertiary/aromatic N) is 2. The normalized spacial score (nSPS) is 27.8. The lowest BCUT2D eigenvalue weighted by Crippen LogP contribution is -2.64. The lowest BCUT2D eigenvalue weighted by atomic mass is 9.56. The van der Waals surface area contributed by atoms with Crippen molar-refractivity contribution >= 4 is 17.5 Å². The molecule has 2 fully saturated rings. The van der Waals surface area contributed by atoms with Crippen LogP contribution in [0.25, 0.3) is 0 Å². The Hall–Kier alpha value is -2.85. The van der Waals surface area contributed by atoms with Crippen LogP contribution in [-0.2, 0) is 16.2 Å². The van der Waals surface area contributed by atoms with Gasteiger partial charge in [0.25, 0.3) is 0 Å². The number of hydrogen-bond donors (Lipinski definition) is 2. The van der Waals surface area contributed by atoms with Crippen LogP contribution in [0.15, 0.2) is 65.9 Å². The van der Waals surface area contributed by atoms with E-state index in [1.807, 2.05) is 69.8 Å². The largest absolute Gasteiger partial charge is 0.487 e. The van der Waals surface area contributed by atoms with Gasteiger partial charge in [-0.05, 0) is 114 Å². The summed E-state index contributed by atoms with van der Waals surface area (Å²) >= 11 is 2.02. The summed E-state index contributed by atoms with van der Waals surface area (Å²) in [5.41, 5.74) is 4.69. The van der Waals surface area contributed by atoms with Gasteiger partial charge in [-0.1, -0.05) is 49.1 Å². The number of benzene rings is 1. The van der Waals surface area contributed by atoms with Crippen LogP contribution in [0.5, 0.6) is 11.5 Å². The number of aliphatic hydroxyl groups excluding tert-OH is 2. The second-order valence-corrected chi connectivity index (χ2v) is 17.6. The Morgan fingerprint density at radius 1 is 1.06 bits per heavy atom. The summed E-state index contributed by atoms with van der Waals surface area (Å²) in [5.74, 6) is 1.08. The topological polar surface area (TPSA) is 103 Å². The average molecular weight is 733 g/mol. The molecule has 6 atom stereocenters. The minimum absolute atomic E-state index is 0.0111. The van der Waals surface area contributed by atoms with Crippen molar-refractivity contribution < 1.29 is 29.3 Å². The minimum Gasteiger partial charge on any atom is -0.487 e. The van der Waals surface area contributed by atoms with Crippen molar-refractivity contribution in [2.75, 3.05) is 19.8 Å². The molecule has 0 bridgehead atoms. The fraction of sp³-hybridized carbons (Fsp3) is 0.628. The number of fused-ring (bicyclic) bond motifs is 2. The monoisotopic (exact) mass is 732 g/mol. The molecule has 1 aromatic carbocycles. The molecule has 9 heteroatoms. The molecule has 0 amide bonds. The molecule has 8 nitrogen and oxygen atoms in total. The third-order valence-electron chi connectivity index (χ3n) is 11.0. The molecule has 284 valence electrons. The van der Waals surface area contributed by atoms with Gasteiger partial charge in [0, 0.05) is 42.1 Å². The number of oxime groups is 1. The number of aliphatic hydroxyl groups is 2. The Morgan fingerprint density at radius 2 is 1.83 bits per heavy atom. The van der Waals surface area contributed by atoms with Gasteiger partial charge in [0.1, 0.15) is 23.7 Å². The highest BCUT2D eigenvalue weighted by atomic mass is 32.2. The second kappa shape index (κ2) is 17.5. The maximum absolute atomic E-state index is 9.89. The van der Waals surface area contributed by atoms with Crippen LogP contribution in [0.2, 0.25) is 0 Å². The van der Waals surface area contributed by atoms with Crippen LogP contribution in [0.4, 0.5) is 0 Å². The molecule has 2 heterocycles. The number of rotatable bonds is 17. The van der Waals surface area contributed by atoms with Crippen LogP contribution in [0, 0.1) is 24.7 Å². The summed E-state index contributed by atoms with van der Waals surface area (Å²) in [6.45, 7) is 13.3. The van der Waals surface area contributed by atoms with Gasteiger partial charge in [-0.25, -0.2) is 0 Å². The molecule has 1 aliphatic heterocycles. The molecule has 4 aliphatic rings. The second-order valence-electron chi connectivity index (χ2n) is 16.1. The number of aromatic nitrogens is 1. The quantitative estimate of drug-likeness (QED) is 0.0944. The Kier molecular flexibility index (Phi) is 13.1. The Bertz CT molecular complexity index is 1560. The fourth-order valence-corrected chi connectivity index (χ4v) is 10.6. The van der Waals surface area contributed by atoms with Gasteiger partial charge in [0.2, 0.25) is 5.79 Å². The van der Waals surface area contributed by atoms with E-state index >= 15 is 0 Å². The number of thioether (sulfide) groups is 1. The van der Waals surface area contributed by atoms with Crippen molar-refractivity contribution in [3.63, 3.8) is 0 Å². The molecular formula is C43H60N2O6S. The minimum atomic E-state index is -0.940. The highest BCUT2D eigenvalue weighted by Crippen LogP contribution is 2.63. The van der Waals surface area contributed by atoms with Crippen LogP contribution < -0.4 is 9.47 Å². The number of allylic oxidation sites excluding steroid dienone is 1. The molecule has 6 unspecified atom stereocenters. The van der Waals surface area contributed by atoms with E-state index in [0.717, 1.165) is 78.3 Å². The van der Waals surface area contributed by atoms with Crippen LogP contribution >= 0.6 is 11.8 Å². The number of pyridine rings is 1. The molecule has 3 aliphatic carbocycles. The zero-order valence-electron chi connectivity index (χ0n) is 31.7. The van der Waals surface area contributed by atoms with Gasteiger partial charge in [-0.3, -0.25) is 4.98 Å². The first-order valence-corrected chi connectivity index (χ1v) is 20.6. The Labute approximate surface area is 315 Å². The van der Waals surface area contributed by atoms with Gasteiger partial charge in [-0.15, -0.1) is 18.3 Å². The summed E-state index contributed by atoms with van der Waals surface area (Å²) < 4.78 is 20.9. The van der Waals surface area contributed by atoms with Crippen molar-refractivity contribution in [1.82, 2.24) is 4.98 Å². The summed E-state index contributed by atoms with van der Waals surface area (Å²) in [6, 6.07) is 12.3. The zero-order valence-corrected chi connectivity index (χ0v) is 32.5. The predicted molar refractivity (Wildman–Crippen MR) is 209 cm³/mol. The Morgan fingerprint density at radius 3 is 2.54 bits per heavy atom. The lowest BCUT2D eigenvalue weighted by Gasteiger charge is -2.58. The molecule has 6 rings (SSSR count). The highest BCUT2D eigenvalue weighted by Gasteiger charge is 2.64. The number of aryl methyl sites for hydroxylation is 1. The van der Waals surface area contributed by atoms with Crippen LogP contribution in [0.3, 0.4) is 0 Å². The van der Waals surface area contributed by atoms with E-state index in [9.17, 15) is 10.2 Å². The molecule has 2 N–H and O–H groups in total. The standard InChI is InChI=1S/C43H60N2O6S/c1-6-24-49-43-39(52-33-17-7-8-18-33)27-37(45-51-42(3,4)5)35-25-30(15-9-11-22-46)34(19-10-12-23-47)40(41(35)43)36-26-32(20-21-38(36)50-43)48-28-31-16-13-14-29(2)44-31/h6,13-14,16,20-21,25-26,30,33-34,39-41,46-47H,1,7-12,15,17-19,22-24,27-28H2,2-5H3. The molecule has 0 spiro atoms. The van der Waals surface area contributed by atoms with E-state index in [1.54, 1.807) is 0 Å². The number of unbranched alkanes of at least 4 members (excludes halogenated alkanes) is 2. The van der Waals surface area contributed by atoms with Crippen molar-refractivity contribution in [2.24, 2.45) is 22.9 Å². The first-order chi connectivity index (χ1) is 25.2. The smallest absolute Gasteiger partial charge is 0.230 e. The van der Waals surface area contributed by atoms with Gasteiger partial charge >= 0.3 is 0 Å². The average Bonchev–Trinajstić information content (AvgIpc) is 3.64. The summed E-state index contributed by atoms with van der Waals surface area (Å²) in [5, 5.41) is 25.2.